The fourth-order valence-electron chi connectivity index (χ4n) is 4.37. The van der Waals surface area contributed by atoms with E-state index in [2.05, 4.69) is 35.0 Å². The molecule has 0 aliphatic heterocycles. The number of ether oxygens (including phenoxy) is 1. The predicted molar refractivity (Wildman–Crippen MR) is 152 cm³/mol. The van der Waals surface area contributed by atoms with E-state index in [0.717, 1.165) is 41.2 Å². The maximum Gasteiger partial charge on any atom is 0.272 e. The van der Waals surface area contributed by atoms with Crippen molar-refractivity contribution in [3.63, 3.8) is 0 Å². The van der Waals surface area contributed by atoms with Gasteiger partial charge in [0.05, 0.1) is 28.1 Å². The van der Waals surface area contributed by atoms with E-state index in [1.54, 1.807) is 0 Å². The molecule has 0 aliphatic carbocycles. The highest BCUT2D eigenvalue weighted by Gasteiger charge is 2.28. The van der Waals surface area contributed by atoms with Gasteiger partial charge in [0.1, 0.15) is 29.7 Å². The number of benzene rings is 2. The number of hydrogen-bond donors (Lipinski definition) is 1. The second-order valence-corrected chi connectivity index (χ2v) is 18.6. The molecule has 8 nitrogen and oxygen atoms in total. The number of fused-ring (bicyclic) bond motifs is 1. The number of sulfone groups is 1. The summed E-state index contributed by atoms with van der Waals surface area (Å²) in [5.74, 6) is -5.97. The number of carbonyl (C=O) groups excluding carboxylic acids is 1. The van der Waals surface area contributed by atoms with Crippen molar-refractivity contribution in [1.29, 1.82) is 0 Å². The van der Waals surface area contributed by atoms with Gasteiger partial charge in [-0.2, -0.15) is 5.10 Å². The number of halogens is 4. The molecule has 0 saturated heterocycles. The first-order valence-corrected chi connectivity index (χ1v) is 18.3. The molecule has 0 radical (unpaired) electrons. The highest BCUT2D eigenvalue weighted by Crippen LogP contribution is 2.36. The van der Waals surface area contributed by atoms with E-state index in [9.17, 15) is 17.6 Å². The number of nitrogens with one attached hydrogen (secondary N) is 1. The Morgan fingerprint density at radius 1 is 1.07 bits per heavy atom. The monoisotopic (exact) mass is 622 g/mol. The van der Waals surface area contributed by atoms with E-state index in [1.165, 1.54) is 20.0 Å². The molecule has 14 heteroatoms. The lowest BCUT2D eigenvalue weighted by Crippen LogP contribution is -2.22. The molecule has 4 aromatic rings. The average Bonchev–Trinajstić information content (AvgIpc) is 3.29. The second-order valence-electron chi connectivity index (χ2n) is 11.0. The van der Waals surface area contributed by atoms with E-state index in [-0.39, 0.29) is 29.0 Å². The maximum atomic E-state index is 16.1. The summed E-state index contributed by atoms with van der Waals surface area (Å²) in [5.41, 5.74) is -2.08. The summed E-state index contributed by atoms with van der Waals surface area (Å²) in [6.45, 7) is 7.99. The van der Waals surface area contributed by atoms with Crippen molar-refractivity contribution in [2.24, 2.45) is 0 Å². The summed E-state index contributed by atoms with van der Waals surface area (Å²) >= 11 is 0. The van der Waals surface area contributed by atoms with Gasteiger partial charge in [0.15, 0.2) is 21.3 Å². The Morgan fingerprint density at radius 2 is 1.79 bits per heavy atom. The van der Waals surface area contributed by atoms with Crippen molar-refractivity contribution in [2.75, 3.05) is 13.7 Å². The van der Waals surface area contributed by atoms with Gasteiger partial charge in [-0.15, -0.1) is 0 Å². The van der Waals surface area contributed by atoms with Crippen LogP contribution in [-0.4, -0.2) is 50.8 Å². The zero-order chi connectivity index (χ0) is 31.0. The quantitative estimate of drug-likeness (QED) is 0.140. The Morgan fingerprint density at radius 3 is 2.45 bits per heavy atom. The molecule has 2 aromatic heterocycles. The van der Waals surface area contributed by atoms with E-state index < -0.39 is 74.4 Å². The van der Waals surface area contributed by atoms with Crippen molar-refractivity contribution in [1.82, 2.24) is 20.1 Å². The standard InChI is InChI=1S/C28H30F4N4O4SSi/c1-16-22(12-18(29)13-34-16)41(38,39)14-17-6-9-21(30)23(24(17)31)19-7-8-20-26(28(37)33-2)35-36(27(20)25(19)32)15-40-10-11-42(3,4)5/h6-9,12-13H,10-11,14-15H2,1-5H3,(H,33,37). The zero-order valence-corrected chi connectivity index (χ0v) is 25.5. The molecule has 2 aromatic carbocycles. The van der Waals surface area contributed by atoms with E-state index in [4.69, 9.17) is 4.74 Å². The molecule has 1 N–H and O–H groups in total. The minimum atomic E-state index is -4.32. The van der Waals surface area contributed by atoms with Crippen molar-refractivity contribution >= 4 is 34.7 Å². The van der Waals surface area contributed by atoms with Crippen molar-refractivity contribution in [3.8, 4) is 11.1 Å². The number of amides is 1. The normalized spacial score (nSPS) is 12.2. The number of aryl methyl sites for hydroxylation is 1. The minimum Gasteiger partial charge on any atom is -0.360 e. The Kier molecular flexibility index (Phi) is 8.90. The molecule has 0 bridgehead atoms. The molecule has 4 rings (SSSR count). The summed E-state index contributed by atoms with van der Waals surface area (Å²) in [5, 5.41) is 6.72. The number of aromatic nitrogens is 3. The molecule has 0 spiro atoms. The summed E-state index contributed by atoms with van der Waals surface area (Å²) in [6.07, 6.45) is 0.849. The van der Waals surface area contributed by atoms with Crippen LogP contribution in [0.15, 0.2) is 41.4 Å². The Bertz CT molecular complexity index is 1790. The molecule has 0 unspecified atom stereocenters. The Balaban J connectivity index is 1.81. The van der Waals surface area contributed by atoms with Crippen LogP contribution in [0.2, 0.25) is 25.7 Å². The number of hydrogen-bond acceptors (Lipinski definition) is 6. The third-order valence-electron chi connectivity index (χ3n) is 6.63. The topological polar surface area (TPSA) is 103 Å². The Labute approximate surface area is 241 Å². The van der Waals surface area contributed by atoms with Crippen LogP contribution in [-0.2, 0) is 27.1 Å². The highest BCUT2D eigenvalue weighted by atomic mass is 32.2. The van der Waals surface area contributed by atoms with Crippen molar-refractivity contribution in [3.05, 3.63) is 76.7 Å². The van der Waals surface area contributed by atoms with Gasteiger partial charge in [0.2, 0.25) is 0 Å². The maximum absolute atomic E-state index is 16.1. The highest BCUT2D eigenvalue weighted by molar-refractivity contribution is 7.90. The van der Waals surface area contributed by atoms with Gasteiger partial charge in [-0.05, 0) is 31.2 Å². The fraction of sp³-hybridized carbons (Fsp3) is 0.321. The number of nitrogens with zero attached hydrogens (tertiary/aromatic N) is 3. The molecule has 0 saturated carbocycles. The largest absolute Gasteiger partial charge is 0.360 e. The van der Waals surface area contributed by atoms with Crippen molar-refractivity contribution < 1.29 is 35.5 Å². The van der Waals surface area contributed by atoms with Crippen LogP contribution < -0.4 is 5.32 Å². The number of carbonyl (C=O) groups is 1. The van der Waals surface area contributed by atoms with Crippen LogP contribution in [0.4, 0.5) is 17.6 Å². The van der Waals surface area contributed by atoms with Crippen molar-refractivity contribution in [2.45, 2.75) is 50.0 Å². The molecule has 0 fully saturated rings. The van der Waals surface area contributed by atoms with Gasteiger partial charge < -0.3 is 10.1 Å². The molecule has 0 aliphatic rings. The average molecular weight is 623 g/mol. The lowest BCUT2D eigenvalue weighted by molar-refractivity contribution is 0.0802. The van der Waals surface area contributed by atoms with Crippen LogP contribution in [0.1, 0.15) is 21.7 Å². The summed E-state index contributed by atoms with van der Waals surface area (Å²) in [6, 6.07) is 5.77. The van der Waals surface area contributed by atoms with E-state index in [0.29, 0.717) is 6.61 Å². The molecular weight excluding hydrogens is 592 g/mol. The first-order valence-electron chi connectivity index (χ1n) is 13.0. The summed E-state index contributed by atoms with van der Waals surface area (Å²) in [7, 11) is -4.37. The van der Waals surface area contributed by atoms with Gasteiger partial charge >= 0.3 is 0 Å². The molecular formula is C28H30F4N4O4SSi. The third kappa shape index (κ3) is 6.39. The number of pyridine rings is 1. The smallest absolute Gasteiger partial charge is 0.272 e. The molecule has 0 atom stereocenters. The van der Waals surface area contributed by atoms with Crippen LogP contribution in [0.5, 0.6) is 0 Å². The van der Waals surface area contributed by atoms with Gasteiger partial charge in [0, 0.05) is 38.2 Å². The molecule has 1 amide bonds. The van der Waals surface area contributed by atoms with Gasteiger partial charge in [-0.1, -0.05) is 31.8 Å². The first-order chi connectivity index (χ1) is 19.6. The zero-order valence-electron chi connectivity index (χ0n) is 23.7. The molecule has 2 heterocycles. The van der Waals surface area contributed by atoms with Gasteiger partial charge in [-0.25, -0.2) is 30.7 Å². The second kappa shape index (κ2) is 11.9. The van der Waals surface area contributed by atoms with Crippen LogP contribution in [0.3, 0.4) is 0 Å². The molecule has 42 heavy (non-hydrogen) atoms. The van der Waals surface area contributed by atoms with Gasteiger partial charge in [-0.3, -0.25) is 9.78 Å². The Hall–Kier alpha value is -3.62. The fourth-order valence-corrected chi connectivity index (χ4v) is 6.71. The van der Waals surface area contributed by atoms with Crippen LogP contribution >= 0.6 is 0 Å². The minimum absolute atomic E-state index is 0.00267. The van der Waals surface area contributed by atoms with E-state index >= 15 is 13.2 Å². The predicted octanol–water partition coefficient (Wildman–Crippen LogP) is 5.61. The first kappa shape index (κ1) is 31.3. The van der Waals surface area contributed by atoms with Crippen LogP contribution in [0, 0.1) is 30.2 Å². The van der Waals surface area contributed by atoms with Crippen LogP contribution in [0.25, 0.3) is 22.0 Å². The number of rotatable bonds is 10. The molecule has 224 valence electrons. The summed E-state index contributed by atoms with van der Waals surface area (Å²) in [4.78, 5) is 15.7. The van der Waals surface area contributed by atoms with E-state index in [1.807, 2.05) is 0 Å². The third-order valence-corrected chi connectivity index (χ3v) is 10.1. The lowest BCUT2D eigenvalue weighted by Gasteiger charge is -2.16. The van der Waals surface area contributed by atoms with Gasteiger partial charge in [0.25, 0.3) is 5.91 Å². The lowest BCUT2D eigenvalue weighted by atomic mass is 9.99. The summed E-state index contributed by atoms with van der Waals surface area (Å²) < 4.78 is 93.6. The SMILES string of the molecule is CNC(=O)c1nn(COCC[Si](C)(C)C)c2c(F)c(-c3c(F)ccc(CS(=O)(=O)c4cc(F)cnc4C)c3F)ccc12.